The second-order valence-electron chi connectivity index (χ2n) is 7.94. The van der Waals surface area contributed by atoms with Crippen LogP contribution in [0, 0.1) is 12.3 Å². The van der Waals surface area contributed by atoms with Crippen molar-refractivity contribution in [3.8, 4) is 0 Å². The Morgan fingerprint density at radius 3 is 2.14 bits per heavy atom. The van der Waals surface area contributed by atoms with Gasteiger partial charge in [-0.25, -0.2) is 4.98 Å². The molecule has 0 N–H and O–H groups in total. The molecule has 0 spiro atoms. The molecule has 0 radical (unpaired) electrons. The van der Waals surface area contributed by atoms with E-state index in [-0.39, 0.29) is 11.6 Å². The summed E-state index contributed by atoms with van der Waals surface area (Å²) in [5.74, 6) is 1.04. The SMILES string of the molecule is CCC(C)(CC)C1N(c2ccccc2)c2cccnc2N1c1ccccc1C. The Labute approximate surface area is 168 Å². The third-order valence-corrected chi connectivity index (χ3v) is 6.39. The molecule has 1 aliphatic heterocycles. The molecule has 0 bridgehead atoms. The third-order valence-electron chi connectivity index (χ3n) is 6.39. The van der Waals surface area contributed by atoms with E-state index in [1.54, 1.807) is 0 Å². The Morgan fingerprint density at radius 1 is 0.821 bits per heavy atom. The first kappa shape index (κ1) is 18.5. The lowest BCUT2D eigenvalue weighted by Gasteiger charge is -2.45. The van der Waals surface area contributed by atoms with Crippen molar-refractivity contribution in [2.45, 2.75) is 46.7 Å². The number of pyridine rings is 1. The van der Waals surface area contributed by atoms with Gasteiger partial charge in [0.05, 0.1) is 5.69 Å². The molecule has 3 nitrogen and oxygen atoms in total. The summed E-state index contributed by atoms with van der Waals surface area (Å²) in [5, 5.41) is 0. The van der Waals surface area contributed by atoms with E-state index in [1.165, 1.54) is 22.6 Å². The fraction of sp³-hybridized carbons (Fsp3) is 0.320. The topological polar surface area (TPSA) is 19.4 Å². The molecule has 2 heterocycles. The fourth-order valence-corrected chi connectivity index (χ4v) is 4.31. The lowest BCUT2D eigenvalue weighted by Crippen LogP contribution is -2.50. The number of nitrogens with zero attached hydrogens (tertiary/aromatic N) is 3. The van der Waals surface area contributed by atoms with Crippen LogP contribution in [0.25, 0.3) is 0 Å². The lowest BCUT2D eigenvalue weighted by atomic mass is 9.80. The Hall–Kier alpha value is -2.81. The summed E-state index contributed by atoms with van der Waals surface area (Å²) in [4.78, 5) is 9.80. The van der Waals surface area contributed by atoms with Crippen LogP contribution in [-0.4, -0.2) is 11.1 Å². The van der Waals surface area contributed by atoms with E-state index in [9.17, 15) is 0 Å². The highest BCUT2D eigenvalue weighted by Gasteiger charge is 2.47. The molecular weight excluding hydrogens is 342 g/mol. The molecule has 0 saturated heterocycles. The minimum Gasteiger partial charge on any atom is -0.316 e. The zero-order valence-electron chi connectivity index (χ0n) is 17.3. The van der Waals surface area contributed by atoms with Gasteiger partial charge in [-0.2, -0.15) is 0 Å². The third kappa shape index (κ3) is 2.86. The first-order valence-corrected chi connectivity index (χ1v) is 10.2. The molecule has 0 fully saturated rings. The van der Waals surface area contributed by atoms with E-state index in [1.807, 2.05) is 12.3 Å². The zero-order valence-corrected chi connectivity index (χ0v) is 17.3. The van der Waals surface area contributed by atoms with Gasteiger partial charge in [-0.05, 0) is 55.7 Å². The molecule has 2 aromatic carbocycles. The van der Waals surface area contributed by atoms with Crippen LogP contribution in [0.4, 0.5) is 22.9 Å². The number of fused-ring (bicyclic) bond motifs is 1. The summed E-state index contributed by atoms with van der Waals surface area (Å²) in [6, 6.07) is 23.6. The molecule has 1 aliphatic rings. The van der Waals surface area contributed by atoms with E-state index in [0.717, 1.165) is 18.7 Å². The monoisotopic (exact) mass is 371 g/mol. The second kappa shape index (κ2) is 7.31. The number of rotatable bonds is 5. The van der Waals surface area contributed by atoms with Crippen molar-refractivity contribution in [1.82, 2.24) is 4.98 Å². The first-order valence-electron chi connectivity index (χ1n) is 10.2. The van der Waals surface area contributed by atoms with Crippen molar-refractivity contribution in [3.05, 3.63) is 78.5 Å². The number of hydrogen-bond donors (Lipinski definition) is 0. The highest BCUT2D eigenvalue weighted by molar-refractivity contribution is 5.86. The average molecular weight is 372 g/mol. The highest BCUT2D eigenvalue weighted by atomic mass is 15.5. The van der Waals surface area contributed by atoms with Crippen LogP contribution >= 0.6 is 0 Å². The van der Waals surface area contributed by atoms with Crippen LogP contribution in [0.3, 0.4) is 0 Å². The van der Waals surface area contributed by atoms with Crippen LogP contribution < -0.4 is 9.80 Å². The smallest absolute Gasteiger partial charge is 0.158 e. The predicted molar refractivity (Wildman–Crippen MR) is 119 cm³/mol. The number of benzene rings is 2. The number of para-hydroxylation sites is 2. The van der Waals surface area contributed by atoms with E-state index >= 15 is 0 Å². The number of hydrogen-bond acceptors (Lipinski definition) is 3. The molecule has 3 aromatic rings. The molecular formula is C25H29N3. The first-order chi connectivity index (χ1) is 13.6. The highest BCUT2D eigenvalue weighted by Crippen LogP contribution is 2.53. The van der Waals surface area contributed by atoms with Crippen molar-refractivity contribution >= 4 is 22.9 Å². The van der Waals surface area contributed by atoms with Crippen LogP contribution in [0.1, 0.15) is 39.2 Å². The Bertz CT molecular complexity index is 947. The van der Waals surface area contributed by atoms with Gasteiger partial charge in [0, 0.05) is 23.0 Å². The number of aryl methyl sites for hydroxylation is 1. The van der Waals surface area contributed by atoms with Crippen LogP contribution in [-0.2, 0) is 0 Å². The van der Waals surface area contributed by atoms with Crippen molar-refractivity contribution < 1.29 is 0 Å². The molecule has 4 rings (SSSR count). The van der Waals surface area contributed by atoms with Gasteiger partial charge in [0.15, 0.2) is 5.82 Å². The van der Waals surface area contributed by atoms with Crippen molar-refractivity contribution in [2.75, 3.05) is 9.80 Å². The van der Waals surface area contributed by atoms with E-state index in [4.69, 9.17) is 4.98 Å². The standard InChI is InChI=1S/C25H29N3/c1-5-25(4,6-2)24-27(20-14-8-7-9-15-20)22-17-12-18-26-23(22)28(24)21-16-11-10-13-19(21)3/h7-18,24H,5-6H2,1-4H3. The number of aromatic nitrogens is 1. The molecule has 144 valence electrons. The molecule has 28 heavy (non-hydrogen) atoms. The van der Waals surface area contributed by atoms with E-state index in [0.29, 0.717) is 0 Å². The van der Waals surface area contributed by atoms with Crippen LogP contribution in [0.15, 0.2) is 72.9 Å². The molecule has 0 aliphatic carbocycles. The van der Waals surface area contributed by atoms with Gasteiger partial charge in [0.25, 0.3) is 0 Å². The molecule has 0 saturated carbocycles. The molecule has 0 amide bonds. The normalized spacial score (nSPS) is 16.4. The largest absolute Gasteiger partial charge is 0.316 e. The van der Waals surface area contributed by atoms with Gasteiger partial charge in [0.2, 0.25) is 0 Å². The summed E-state index contributed by atoms with van der Waals surface area (Å²) in [6.45, 7) is 9.21. The fourth-order valence-electron chi connectivity index (χ4n) is 4.31. The lowest BCUT2D eigenvalue weighted by molar-refractivity contribution is 0.239. The average Bonchev–Trinajstić information content (AvgIpc) is 3.10. The predicted octanol–water partition coefficient (Wildman–Crippen LogP) is 6.83. The van der Waals surface area contributed by atoms with Gasteiger partial charge in [0.1, 0.15) is 6.17 Å². The maximum Gasteiger partial charge on any atom is 0.158 e. The summed E-state index contributed by atoms with van der Waals surface area (Å²) in [7, 11) is 0. The van der Waals surface area contributed by atoms with Crippen LogP contribution in [0.2, 0.25) is 0 Å². The molecule has 1 unspecified atom stereocenters. The Kier molecular flexibility index (Phi) is 4.84. The van der Waals surface area contributed by atoms with Gasteiger partial charge in [-0.15, -0.1) is 0 Å². The number of anilines is 4. The molecule has 1 aromatic heterocycles. The summed E-state index contributed by atoms with van der Waals surface area (Å²) < 4.78 is 0. The second-order valence-corrected chi connectivity index (χ2v) is 7.94. The summed E-state index contributed by atoms with van der Waals surface area (Å²) >= 11 is 0. The summed E-state index contributed by atoms with van der Waals surface area (Å²) in [5.41, 5.74) is 4.99. The zero-order chi connectivity index (χ0) is 19.7. The van der Waals surface area contributed by atoms with E-state index < -0.39 is 0 Å². The van der Waals surface area contributed by atoms with E-state index in [2.05, 4.69) is 98.2 Å². The quantitative estimate of drug-likeness (QED) is 0.490. The van der Waals surface area contributed by atoms with Gasteiger partial charge < -0.3 is 9.80 Å². The maximum atomic E-state index is 4.85. The van der Waals surface area contributed by atoms with Crippen molar-refractivity contribution in [3.63, 3.8) is 0 Å². The maximum absolute atomic E-state index is 4.85. The Balaban J connectivity index is 2.00. The van der Waals surface area contributed by atoms with Gasteiger partial charge in [-0.1, -0.05) is 57.2 Å². The molecule has 1 atom stereocenters. The Morgan fingerprint density at radius 2 is 1.46 bits per heavy atom. The summed E-state index contributed by atoms with van der Waals surface area (Å²) in [6.07, 6.45) is 4.25. The van der Waals surface area contributed by atoms with Gasteiger partial charge in [-0.3, -0.25) is 0 Å². The minimum atomic E-state index is 0.0961. The molecule has 3 heteroatoms. The van der Waals surface area contributed by atoms with Crippen LogP contribution in [0.5, 0.6) is 0 Å². The van der Waals surface area contributed by atoms with Crippen molar-refractivity contribution in [1.29, 1.82) is 0 Å². The van der Waals surface area contributed by atoms with Gasteiger partial charge >= 0.3 is 0 Å². The van der Waals surface area contributed by atoms with Crippen molar-refractivity contribution in [2.24, 2.45) is 5.41 Å². The minimum absolute atomic E-state index is 0.0961.